The molecule has 2 unspecified atom stereocenters. The van der Waals surface area contributed by atoms with Crippen molar-refractivity contribution in [2.75, 3.05) is 6.61 Å². The second-order valence-corrected chi connectivity index (χ2v) is 4.97. The van der Waals surface area contributed by atoms with Gasteiger partial charge < -0.3 is 10.5 Å². The fourth-order valence-corrected chi connectivity index (χ4v) is 2.58. The summed E-state index contributed by atoms with van der Waals surface area (Å²) in [6, 6.07) is -0.333. The number of ether oxygens (including phenoxy) is 1. The van der Waals surface area contributed by atoms with Crippen molar-refractivity contribution in [1.29, 1.82) is 0 Å². The second-order valence-electron chi connectivity index (χ2n) is 4.97. The molecule has 0 heterocycles. The van der Waals surface area contributed by atoms with E-state index in [1.807, 2.05) is 13.8 Å². The van der Waals surface area contributed by atoms with E-state index >= 15 is 0 Å². The van der Waals surface area contributed by atoms with E-state index in [4.69, 9.17) is 10.5 Å². The third-order valence-corrected chi connectivity index (χ3v) is 3.64. The Hall–Kier alpha value is -0.290. The first-order valence-corrected chi connectivity index (χ1v) is 6.28. The van der Waals surface area contributed by atoms with Crippen LogP contribution in [0.5, 0.6) is 0 Å². The fraction of sp³-hybridized carbons (Fsp3) is 1.00. The molecule has 1 aliphatic rings. The van der Waals surface area contributed by atoms with Gasteiger partial charge >= 0.3 is 6.18 Å². The lowest BCUT2D eigenvalue weighted by molar-refractivity contribution is -0.182. The first-order valence-electron chi connectivity index (χ1n) is 6.28. The summed E-state index contributed by atoms with van der Waals surface area (Å²) in [7, 11) is 0. The summed E-state index contributed by atoms with van der Waals surface area (Å²) in [5.74, 6) is -1.30. The number of hydrogen-bond donors (Lipinski definition) is 1. The number of rotatable bonds is 3. The molecule has 0 saturated heterocycles. The monoisotopic (exact) mass is 253 g/mol. The zero-order valence-electron chi connectivity index (χ0n) is 10.5. The van der Waals surface area contributed by atoms with Crippen LogP contribution in [0.3, 0.4) is 0 Å². The number of nitrogens with two attached hydrogens (primary N) is 1. The molecule has 0 amide bonds. The van der Waals surface area contributed by atoms with E-state index in [-0.39, 0.29) is 30.9 Å². The molecule has 0 aliphatic heterocycles. The molecule has 1 aliphatic carbocycles. The zero-order valence-corrected chi connectivity index (χ0v) is 10.5. The third kappa shape index (κ3) is 4.47. The van der Waals surface area contributed by atoms with E-state index < -0.39 is 12.1 Å². The summed E-state index contributed by atoms with van der Waals surface area (Å²) in [5, 5.41) is 0. The minimum Gasteiger partial charge on any atom is -0.379 e. The SMILES string of the molecule is CCOC(C)C1CC[C@@H](N)C[C@@H](C(F)(F)F)C1. The lowest BCUT2D eigenvalue weighted by atomic mass is 9.89. The van der Waals surface area contributed by atoms with Gasteiger partial charge in [0.1, 0.15) is 0 Å². The molecular weight excluding hydrogens is 231 g/mol. The first-order chi connectivity index (χ1) is 7.84. The zero-order chi connectivity index (χ0) is 13.1. The minimum atomic E-state index is -4.13. The molecule has 5 heteroatoms. The molecule has 1 fully saturated rings. The molecule has 2 nitrogen and oxygen atoms in total. The fourth-order valence-electron chi connectivity index (χ4n) is 2.58. The molecule has 0 aromatic carbocycles. The molecule has 0 aromatic heterocycles. The molecule has 1 rings (SSSR count). The van der Waals surface area contributed by atoms with Crippen molar-refractivity contribution in [2.24, 2.45) is 17.6 Å². The summed E-state index contributed by atoms with van der Waals surface area (Å²) in [6.07, 6.45) is -2.65. The molecule has 2 N–H and O–H groups in total. The van der Waals surface area contributed by atoms with Crippen LogP contribution in [0.2, 0.25) is 0 Å². The Kier molecular flexibility index (Phi) is 5.25. The summed E-state index contributed by atoms with van der Waals surface area (Å²) >= 11 is 0. The van der Waals surface area contributed by atoms with Crippen molar-refractivity contribution in [3.05, 3.63) is 0 Å². The normalized spacial score (nSPS) is 33.2. The van der Waals surface area contributed by atoms with Gasteiger partial charge in [-0.15, -0.1) is 0 Å². The predicted molar refractivity (Wildman–Crippen MR) is 60.6 cm³/mol. The molecule has 0 bridgehead atoms. The summed E-state index contributed by atoms with van der Waals surface area (Å²) in [4.78, 5) is 0. The highest BCUT2D eigenvalue weighted by molar-refractivity contribution is 4.84. The van der Waals surface area contributed by atoms with E-state index in [1.165, 1.54) is 0 Å². The number of hydrogen-bond acceptors (Lipinski definition) is 2. The van der Waals surface area contributed by atoms with E-state index in [1.54, 1.807) is 0 Å². The first kappa shape index (κ1) is 14.8. The molecule has 0 aromatic rings. The predicted octanol–water partition coefficient (Wildman–Crippen LogP) is 3.11. The molecule has 102 valence electrons. The van der Waals surface area contributed by atoms with Crippen LogP contribution in [0.4, 0.5) is 13.2 Å². The van der Waals surface area contributed by atoms with Crippen LogP contribution in [-0.4, -0.2) is 24.9 Å². The standard InChI is InChI=1S/C12H22F3NO/c1-3-17-8(2)9-4-5-11(16)7-10(6-9)12(13,14)15/h8-11H,3-7,16H2,1-2H3/t8?,9?,10-,11+/m0/s1. The molecular formula is C12H22F3NO. The van der Waals surface area contributed by atoms with Crippen LogP contribution >= 0.6 is 0 Å². The van der Waals surface area contributed by atoms with Crippen molar-refractivity contribution in [3.63, 3.8) is 0 Å². The lowest BCUT2D eigenvalue weighted by Crippen LogP contribution is -2.31. The van der Waals surface area contributed by atoms with Gasteiger partial charge in [0.15, 0.2) is 0 Å². The highest BCUT2D eigenvalue weighted by atomic mass is 19.4. The Morgan fingerprint density at radius 3 is 2.47 bits per heavy atom. The Morgan fingerprint density at radius 1 is 1.29 bits per heavy atom. The molecule has 4 atom stereocenters. The van der Waals surface area contributed by atoms with E-state index in [2.05, 4.69) is 0 Å². The Bertz CT molecular complexity index is 232. The van der Waals surface area contributed by atoms with Crippen LogP contribution < -0.4 is 5.73 Å². The average molecular weight is 253 g/mol. The summed E-state index contributed by atoms with van der Waals surface area (Å²) < 4.78 is 43.9. The average Bonchev–Trinajstić information content (AvgIpc) is 2.39. The van der Waals surface area contributed by atoms with Crippen molar-refractivity contribution in [2.45, 2.75) is 57.9 Å². The quantitative estimate of drug-likeness (QED) is 0.784. The highest BCUT2D eigenvalue weighted by Gasteiger charge is 2.43. The molecule has 1 saturated carbocycles. The van der Waals surface area contributed by atoms with Crippen LogP contribution in [0.1, 0.15) is 39.5 Å². The maximum Gasteiger partial charge on any atom is 0.391 e. The van der Waals surface area contributed by atoms with E-state index in [0.717, 1.165) is 6.42 Å². The van der Waals surface area contributed by atoms with Crippen molar-refractivity contribution in [3.8, 4) is 0 Å². The molecule has 0 spiro atoms. The van der Waals surface area contributed by atoms with Crippen LogP contribution in [-0.2, 0) is 4.74 Å². The van der Waals surface area contributed by atoms with Crippen molar-refractivity contribution in [1.82, 2.24) is 0 Å². The van der Waals surface area contributed by atoms with Gasteiger partial charge in [0.25, 0.3) is 0 Å². The van der Waals surface area contributed by atoms with Gasteiger partial charge in [-0.25, -0.2) is 0 Å². The maximum absolute atomic E-state index is 12.8. The summed E-state index contributed by atoms with van der Waals surface area (Å²) in [6.45, 7) is 4.26. The van der Waals surface area contributed by atoms with Gasteiger partial charge in [-0.2, -0.15) is 13.2 Å². The highest BCUT2D eigenvalue weighted by Crippen LogP contribution is 2.39. The van der Waals surface area contributed by atoms with Crippen molar-refractivity contribution < 1.29 is 17.9 Å². The summed E-state index contributed by atoms with van der Waals surface area (Å²) in [5.41, 5.74) is 5.72. The van der Waals surface area contributed by atoms with Crippen LogP contribution in [0.25, 0.3) is 0 Å². The lowest BCUT2D eigenvalue weighted by Gasteiger charge is -2.26. The van der Waals surface area contributed by atoms with Gasteiger partial charge in [-0.1, -0.05) is 0 Å². The smallest absolute Gasteiger partial charge is 0.379 e. The maximum atomic E-state index is 12.8. The Labute approximate surface area is 101 Å². The van der Waals surface area contributed by atoms with E-state index in [0.29, 0.717) is 13.0 Å². The Morgan fingerprint density at radius 2 is 1.94 bits per heavy atom. The number of alkyl halides is 3. The van der Waals surface area contributed by atoms with Gasteiger partial charge in [-0.3, -0.25) is 0 Å². The van der Waals surface area contributed by atoms with Gasteiger partial charge in [-0.05, 0) is 45.4 Å². The Balaban J connectivity index is 2.68. The second kappa shape index (κ2) is 6.05. The van der Waals surface area contributed by atoms with Gasteiger partial charge in [0.05, 0.1) is 12.0 Å². The van der Waals surface area contributed by atoms with Crippen molar-refractivity contribution >= 4 is 0 Å². The molecule has 17 heavy (non-hydrogen) atoms. The van der Waals surface area contributed by atoms with Crippen LogP contribution in [0, 0.1) is 11.8 Å². The largest absolute Gasteiger partial charge is 0.391 e. The number of halogens is 3. The third-order valence-electron chi connectivity index (χ3n) is 3.64. The van der Waals surface area contributed by atoms with Gasteiger partial charge in [0.2, 0.25) is 0 Å². The van der Waals surface area contributed by atoms with Crippen LogP contribution in [0.15, 0.2) is 0 Å². The molecule has 0 radical (unpaired) electrons. The topological polar surface area (TPSA) is 35.2 Å². The van der Waals surface area contributed by atoms with Gasteiger partial charge in [0, 0.05) is 12.6 Å². The minimum absolute atomic E-state index is 0.0323. The van der Waals surface area contributed by atoms with E-state index in [9.17, 15) is 13.2 Å².